The fourth-order valence-electron chi connectivity index (χ4n) is 3.74. The van der Waals surface area contributed by atoms with Gasteiger partial charge in [-0.1, -0.05) is 78.7 Å². The second-order valence-electron chi connectivity index (χ2n) is 6.95. The molecule has 0 spiro atoms. The van der Waals surface area contributed by atoms with Crippen LogP contribution in [0.5, 0.6) is 0 Å². The molecule has 2 N–H and O–H groups in total. The first-order valence-corrected chi connectivity index (χ1v) is 8.96. The van der Waals surface area contributed by atoms with Gasteiger partial charge in [0.05, 0.1) is 5.54 Å². The molecule has 1 aliphatic carbocycles. The molecule has 25 heavy (non-hydrogen) atoms. The third kappa shape index (κ3) is 3.35. The van der Waals surface area contributed by atoms with Crippen LogP contribution in [-0.4, -0.2) is 10.1 Å². The summed E-state index contributed by atoms with van der Waals surface area (Å²) < 4.78 is 5.57. The zero-order chi connectivity index (χ0) is 17.1. The Balaban J connectivity index is 1.62. The lowest BCUT2D eigenvalue weighted by Gasteiger charge is -2.18. The molecule has 4 heteroatoms. The molecule has 0 saturated heterocycles. The predicted molar refractivity (Wildman–Crippen MR) is 97.1 cm³/mol. The molecule has 0 amide bonds. The minimum absolute atomic E-state index is 0.188. The van der Waals surface area contributed by atoms with Crippen LogP contribution in [0.3, 0.4) is 0 Å². The average Bonchev–Trinajstić information content (AvgIpc) is 3.31. The van der Waals surface area contributed by atoms with E-state index in [9.17, 15) is 0 Å². The van der Waals surface area contributed by atoms with Gasteiger partial charge in [-0.05, 0) is 24.0 Å². The standard InChI is InChI=1S/C21H23N3O/c22-21(13-7-8-14-21)20-23-19(25-24-20)15-18(16-9-3-1-4-10-16)17-11-5-2-6-12-17/h1-6,9-12,18H,7-8,13-15,22H2. The molecule has 1 fully saturated rings. The Kier molecular flexibility index (Phi) is 4.36. The van der Waals surface area contributed by atoms with Gasteiger partial charge in [0.25, 0.3) is 0 Å². The van der Waals surface area contributed by atoms with E-state index >= 15 is 0 Å². The average molecular weight is 333 g/mol. The second-order valence-corrected chi connectivity index (χ2v) is 6.95. The molecule has 1 heterocycles. The summed E-state index contributed by atoms with van der Waals surface area (Å²) in [7, 11) is 0. The molecular weight excluding hydrogens is 310 g/mol. The molecule has 0 unspecified atom stereocenters. The zero-order valence-electron chi connectivity index (χ0n) is 14.3. The normalized spacial score (nSPS) is 16.4. The largest absolute Gasteiger partial charge is 0.339 e. The summed E-state index contributed by atoms with van der Waals surface area (Å²) in [4.78, 5) is 4.65. The summed E-state index contributed by atoms with van der Waals surface area (Å²) in [5, 5.41) is 4.20. The Bertz CT molecular complexity index is 768. The van der Waals surface area contributed by atoms with E-state index in [1.54, 1.807) is 0 Å². The fourth-order valence-corrected chi connectivity index (χ4v) is 3.74. The molecular formula is C21H23N3O. The molecule has 3 aromatic rings. The molecule has 128 valence electrons. The molecule has 0 atom stereocenters. The van der Waals surface area contributed by atoms with Gasteiger partial charge in [-0.2, -0.15) is 4.98 Å². The van der Waals surface area contributed by atoms with Crippen molar-refractivity contribution in [2.45, 2.75) is 43.6 Å². The maximum Gasteiger partial charge on any atom is 0.227 e. The van der Waals surface area contributed by atoms with E-state index in [1.807, 2.05) is 12.1 Å². The predicted octanol–water partition coefficient (Wildman–Crippen LogP) is 4.17. The third-order valence-corrected chi connectivity index (χ3v) is 5.19. The second kappa shape index (κ2) is 6.81. The molecule has 4 rings (SSSR count). The summed E-state index contributed by atoms with van der Waals surface area (Å²) in [6.45, 7) is 0. The van der Waals surface area contributed by atoms with Crippen LogP contribution < -0.4 is 5.73 Å². The molecule has 4 nitrogen and oxygen atoms in total. The van der Waals surface area contributed by atoms with Crippen molar-refractivity contribution in [1.82, 2.24) is 10.1 Å². The van der Waals surface area contributed by atoms with Gasteiger partial charge in [-0.25, -0.2) is 0 Å². The number of hydrogen-bond acceptors (Lipinski definition) is 4. The lowest BCUT2D eigenvalue weighted by molar-refractivity contribution is 0.346. The van der Waals surface area contributed by atoms with Crippen LogP contribution in [0, 0.1) is 0 Å². The summed E-state index contributed by atoms with van der Waals surface area (Å²) in [5.74, 6) is 1.51. The van der Waals surface area contributed by atoms with E-state index in [-0.39, 0.29) is 5.92 Å². The van der Waals surface area contributed by atoms with Crippen LogP contribution in [0.1, 0.15) is 54.4 Å². The van der Waals surface area contributed by atoms with Crippen molar-refractivity contribution in [2.24, 2.45) is 5.73 Å². The Morgan fingerprint density at radius 3 is 2.04 bits per heavy atom. The van der Waals surface area contributed by atoms with Gasteiger partial charge in [0, 0.05) is 12.3 Å². The Morgan fingerprint density at radius 2 is 1.48 bits per heavy atom. The van der Waals surface area contributed by atoms with Gasteiger partial charge in [0.2, 0.25) is 5.89 Å². The Hall–Kier alpha value is -2.46. The highest BCUT2D eigenvalue weighted by Gasteiger charge is 2.36. The summed E-state index contributed by atoms with van der Waals surface area (Å²) >= 11 is 0. The van der Waals surface area contributed by atoms with Crippen molar-refractivity contribution in [3.63, 3.8) is 0 Å². The number of nitrogens with zero attached hydrogens (tertiary/aromatic N) is 2. The first-order valence-electron chi connectivity index (χ1n) is 8.96. The van der Waals surface area contributed by atoms with Gasteiger partial charge in [0.1, 0.15) is 0 Å². The van der Waals surface area contributed by atoms with Crippen molar-refractivity contribution in [2.75, 3.05) is 0 Å². The van der Waals surface area contributed by atoms with E-state index in [1.165, 1.54) is 11.1 Å². The van der Waals surface area contributed by atoms with Crippen LogP contribution in [0.2, 0.25) is 0 Å². The molecule has 0 radical (unpaired) electrons. The van der Waals surface area contributed by atoms with Crippen molar-refractivity contribution in [3.05, 3.63) is 83.5 Å². The smallest absolute Gasteiger partial charge is 0.227 e. The summed E-state index contributed by atoms with van der Waals surface area (Å²) in [6, 6.07) is 20.9. The SMILES string of the molecule is NC1(c2noc(CC(c3ccccc3)c3ccccc3)n2)CCCC1. The van der Waals surface area contributed by atoms with E-state index in [0.717, 1.165) is 25.7 Å². The van der Waals surface area contributed by atoms with Crippen molar-refractivity contribution in [3.8, 4) is 0 Å². The molecule has 2 aromatic carbocycles. The van der Waals surface area contributed by atoms with Crippen molar-refractivity contribution < 1.29 is 4.52 Å². The van der Waals surface area contributed by atoms with Gasteiger partial charge >= 0.3 is 0 Å². The quantitative estimate of drug-likeness (QED) is 0.761. The van der Waals surface area contributed by atoms with Gasteiger partial charge < -0.3 is 10.3 Å². The monoisotopic (exact) mass is 333 g/mol. The summed E-state index contributed by atoms with van der Waals surface area (Å²) in [6.07, 6.45) is 4.82. The topological polar surface area (TPSA) is 64.9 Å². The van der Waals surface area contributed by atoms with Crippen LogP contribution >= 0.6 is 0 Å². The van der Waals surface area contributed by atoms with E-state index in [4.69, 9.17) is 10.3 Å². The van der Waals surface area contributed by atoms with E-state index in [2.05, 4.69) is 58.7 Å². The highest BCUT2D eigenvalue weighted by Crippen LogP contribution is 2.35. The lowest BCUT2D eigenvalue weighted by Crippen LogP contribution is -2.34. The minimum atomic E-state index is -0.406. The van der Waals surface area contributed by atoms with Gasteiger partial charge in [-0.15, -0.1) is 0 Å². The van der Waals surface area contributed by atoms with Gasteiger partial charge in [-0.3, -0.25) is 0 Å². The molecule has 1 saturated carbocycles. The molecule has 0 bridgehead atoms. The highest BCUT2D eigenvalue weighted by atomic mass is 16.5. The number of nitrogens with two attached hydrogens (primary N) is 1. The fraction of sp³-hybridized carbons (Fsp3) is 0.333. The lowest BCUT2D eigenvalue weighted by atomic mass is 9.88. The first-order chi connectivity index (χ1) is 12.2. The first kappa shape index (κ1) is 16.0. The summed E-state index contributed by atoms with van der Waals surface area (Å²) in [5.41, 5.74) is 8.55. The van der Waals surface area contributed by atoms with Gasteiger partial charge in [0.15, 0.2) is 5.82 Å². The zero-order valence-corrected chi connectivity index (χ0v) is 14.3. The maximum absolute atomic E-state index is 6.46. The van der Waals surface area contributed by atoms with Crippen LogP contribution in [0.15, 0.2) is 65.2 Å². The highest BCUT2D eigenvalue weighted by molar-refractivity contribution is 5.33. The van der Waals surface area contributed by atoms with Crippen LogP contribution in [0.25, 0.3) is 0 Å². The van der Waals surface area contributed by atoms with Crippen LogP contribution in [0.4, 0.5) is 0 Å². The minimum Gasteiger partial charge on any atom is -0.339 e. The number of benzene rings is 2. The van der Waals surface area contributed by atoms with E-state index in [0.29, 0.717) is 18.1 Å². The number of hydrogen-bond donors (Lipinski definition) is 1. The maximum atomic E-state index is 6.46. The molecule has 1 aliphatic rings. The molecule has 1 aromatic heterocycles. The van der Waals surface area contributed by atoms with Crippen LogP contribution in [-0.2, 0) is 12.0 Å². The van der Waals surface area contributed by atoms with Crippen molar-refractivity contribution >= 4 is 0 Å². The Labute approximate surface area is 148 Å². The number of aromatic nitrogens is 2. The number of rotatable bonds is 5. The Morgan fingerprint density at radius 1 is 0.920 bits per heavy atom. The third-order valence-electron chi connectivity index (χ3n) is 5.19. The van der Waals surface area contributed by atoms with E-state index < -0.39 is 5.54 Å². The van der Waals surface area contributed by atoms with Crippen molar-refractivity contribution in [1.29, 1.82) is 0 Å². The molecule has 0 aliphatic heterocycles.